The maximum Gasteiger partial charge on any atom is 0.356 e. The van der Waals surface area contributed by atoms with Crippen molar-refractivity contribution in [2.75, 3.05) is 62.2 Å². The zero-order valence-corrected chi connectivity index (χ0v) is 50.6. The molecule has 0 aliphatic heterocycles. The van der Waals surface area contributed by atoms with Crippen molar-refractivity contribution in [3.05, 3.63) is 239 Å². The molecule has 0 amide bonds. The van der Waals surface area contributed by atoms with Crippen molar-refractivity contribution in [2.24, 2.45) is 0 Å². The minimum Gasteiger partial charge on any atom is -0.497 e. The SMILES string of the molecule is CC(Cc1ccc2c(N)nc(N)nn12)OCP(=O)(O)O.CCOP(=O)(COC(C)Cc1ccc2c(NC(c3ccccc3)(c3ccccc3)c3ccc(OC)cc3)nc(NC(c3ccccc3)(c3ccccc3)c3ccc(OC)cc3)nn12)OCC. The Hall–Kier alpha value is -8.42. The van der Waals surface area contributed by atoms with Crippen LogP contribution < -0.4 is 31.6 Å². The third-order valence-corrected chi connectivity index (χ3v) is 16.6. The van der Waals surface area contributed by atoms with Crippen LogP contribution in [0.25, 0.3) is 11.0 Å². The predicted octanol–water partition coefficient (Wildman–Crippen LogP) is 11.7. The van der Waals surface area contributed by atoms with E-state index in [1.807, 2.05) is 96.4 Å². The van der Waals surface area contributed by atoms with Crippen molar-refractivity contribution < 1.29 is 46.9 Å². The summed E-state index contributed by atoms with van der Waals surface area (Å²) >= 11 is 0. The van der Waals surface area contributed by atoms with Gasteiger partial charge in [-0.2, -0.15) is 9.97 Å². The van der Waals surface area contributed by atoms with Gasteiger partial charge in [-0.05, 0) is 110 Å². The molecule has 0 radical (unpaired) electrons. The van der Waals surface area contributed by atoms with Crippen LogP contribution in [0.1, 0.15) is 72.5 Å². The van der Waals surface area contributed by atoms with Crippen LogP contribution in [0, 0.1) is 0 Å². The van der Waals surface area contributed by atoms with Crippen molar-refractivity contribution in [1.82, 2.24) is 29.2 Å². The second kappa shape index (κ2) is 27.7. The van der Waals surface area contributed by atoms with Gasteiger partial charge in [-0.3, -0.25) is 9.13 Å². The third kappa shape index (κ3) is 14.3. The minimum atomic E-state index is -4.17. The topological polar surface area (TPSA) is 266 Å². The molecule has 0 aliphatic rings. The predicted molar refractivity (Wildman–Crippen MR) is 335 cm³/mol. The van der Waals surface area contributed by atoms with Crippen LogP contribution in [0.3, 0.4) is 0 Å². The van der Waals surface area contributed by atoms with E-state index in [-0.39, 0.29) is 37.4 Å². The largest absolute Gasteiger partial charge is 0.497 e. The first-order valence-corrected chi connectivity index (χ1v) is 31.6. The first kappa shape index (κ1) is 62.1. The van der Waals surface area contributed by atoms with Gasteiger partial charge < -0.3 is 59.9 Å². The van der Waals surface area contributed by atoms with Crippen LogP contribution in [-0.2, 0) is 51.6 Å². The lowest BCUT2D eigenvalue weighted by molar-refractivity contribution is 0.0770. The molecule has 20 nitrogen and oxygen atoms in total. The summed E-state index contributed by atoms with van der Waals surface area (Å²) in [5.74, 6) is 2.72. The number of hydrogen-bond donors (Lipinski definition) is 6. The van der Waals surface area contributed by atoms with Crippen LogP contribution in [0.4, 0.5) is 23.5 Å². The summed E-state index contributed by atoms with van der Waals surface area (Å²) in [6.45, 7) is 7.72. The second-order valence-corrected chi connectivity index (χ2v) is 23.9. The number of nitrogen functional groups attached to an aromatic ring is 2. The van der Waals surface area contributed by atoms with Gasteiger partial charge in [0.2, 0.25) is 11.9 Å². The van der Waals surface area contributed by atoms with Gasteiger partial charge in [-0.15, -0.1) is 10.2 Å². The quantitative estimate of drug-likeness (QED) is 0.0217. The van der Waals surface area contributed by atoms with Gasteiger partial charge in [-0.1, -0.05) is 146 Å². The second-order valence-electron chi connectivity index (χ2n) is 20.3. The Kier molecular flexibility index (Phi) is 20.0. The zero-order chi connectivity index (χ0) is 60.9. The number of ether oxygens (including phenoxy) is 4. The van der Waals surface area contributed by atoms with Crippen molar-refractivity contribution in [2.45, 2.75) is 63.8 Å². The molecule has 8 N–H and O–H groups in total. The maximum absolute atomic E-state index is 13.4. The monoisotopic (exact) mass is 1200 g/mol. The third-order valence-electron chi connectivity index (χ3n) is 14.4. The lowest BCUT2D eigenvalue weighted by Crippen LogP contribution is -2.40. The number of fused-ring (bicyclic) bond motifs is 2. The Balaban J connectivity index is 0.000000373. The van der Waals surface area contributed by atoms with E-state index in [9.17, 15) is 9.13 Å². The molecule has 22 heteroatoms. The number of nitrogens with two attached hydrogens (primary N) is 2. The van der Waals surface area contributed by atoms with E-state index in [2.05, 4.69) is 118 Å². The molecule has 10 aromatic rings. The van der Waals surface area contributed by atoms with Crippen molar-refractivity contribution in [3.8, 4) is 11.5 Å². The van der Waals surface area contributed by atoms with E-state index in [0.29, 0.717) is 30.1 Å². The molecule has 0 saturated heterocycles. The number of nitrogens with zero attached hydrogens (tertiary/aromatic N) is 6. The maximum atomic E-state index is 13.4. The van der Waals surface area contributed by atoms with E-state index < -0.39 is 38.7 Å². The number of rotatable bonds is 26. The van der Waals surface area contributed by atoms with Crippen molar-refractivity contribution >= 4 is 49.8 Å². The van der Waals surface area contributed by atoms with Crippen LogP contribution in [0.5, 0.6) is 11.5 Å². The van der Waals surface area contributed by atoms with Crippen LogP contribution in [0.2, 0.25) is 0 Å². The number of nitrogens with one attached hydrogen (secondary N) is 2. The molecule has 4 aromatic heterocycles. The van der Waals surface area contributed by atoms with Crippen molar-refractivity contribution in [3.63, 3.8) is 0 Å². The van der Waals surface area contributed by atoms with Crippen molar-refractivity contribution in [1.29, 1.82) is 0 Å². The summed E-state index contributed by atoms with van der Waals surface area (Å²) in [5, 5.41) is 17.4. The van der Waals surface area contributed by atoms with Crippen LogP contribution >= 0.6 is 15.2 Å². The molecule has 4 heterocycles. The summed E-state index contributed by atoms with van der Waals surface area (Å²) in [4.78, 5) is 26.9. The molecule has 0 aliphatic carbocycles. The van der Waals surface area contributed by atoms with Gasteiger partial charge in [0.15, 0.2) is 11.6 Å². The average Bonchev–Trinajstić information content (AvgIpc) is 1.06. The van der Waals surface area contributed by atoms with Gasteiger partial charge in [-0.25, -0.2) is 9.03 Å². The highest BCUT2D eigenvalue weighted by Crippen LogP contribution is 2.49. The fraction of sp³-hybridized carbons (Fsp3) is 0.250. The van der Waals surface area contributed by atoms with Gasteiger partial charge in [0, 0.05) is 24.2 Å². The molecular formula is C64H72N10O10P2. The number of aromatic nitrogens is 6. The molecule has 2 unspecified atom stereocenters. The van der Waals surface area contributed by atoms with Gasteiger partial charge in [0.25, 0.3) is 0 Å². The van der Waals surface area contributed by atoms with E-state index in [1.54, 1.807) is 51.6 Å². The van der Waals surface area contributed by atoms with Gasteiger partial charge in [0.1, 0.15) is 46.3 Å². The molecule has 448 valence electrons. The molecule has 0 bridgehead atoms. The zero-order valence-electron chi connectivity index (χ0n) is 48.8. The average molecular weight is 1200 g/mol. The molecular weight excluding hydrogens is 1130 g/mol. The molecule has 0 fully saturated rings. The lowest BCUT2D eigenvalue weighted by atomic mass is 9.77. The first-order valence-electron chi connectivity index (χ1n) is 28.0. The van der Waals surface area contributed by atoms with Crippen LogP contribution in [-0.4, -0.2) is 91.3 Å². The van der Waals surface area contributed by atoms with E-state index in [0.717, 1.165) is 61.8 Å². The fourth-order valence-corrected chi connectivity index (χ4v) is 12.4. The summed E-state index contributed by atoms with van der Waals surface area (Å²) in [6, 6.07) is 65.3. The van der Waals surface area contributed by atoms with Gasteiger partial charge >= 0.3 is 15.2 Å². The highest BCUT2D eigenvalue weighted by Gasteiger charge is 2.40. The summed E-state index contributed by atoms with van der Waals surface area (Å²) in [6.07, 6.45) is -0.743. The Morgan fingerprint density at radius 3 is 1.33 bits per heavy atom. The fourth-order valence-electron chi connectivity index (χ4n) is 10.5. The number of benzene rings is 6. The molecule has 86 heavy (non-hydrogen) atoms. The molecule has 2 atom stereocenters. The smallest absolute Gasteiger partial charge is 0.356 e. The standard InChI is InChI=1S/C54H56N5O6P.C10H16N5O4P/c1-6-64-66(60,65-7-2)39-63-40(3)38-47-32-37-50-51(56-53(41-20-12-8-13-21-41,42-22-14-9-15-23-42)45-28-33-48(61-4)34-29-45)55-52(58-59(47)50)57-54(43-24-16-10-17-25-43,44-26-18-11-19-27-44)46-30-35-49(62-5)36-31-46;1-6(19-5-20(16,17)18)4-7-2-3-8-9(11)13-10(12)14-15(7)8/h8-37,40H,6-7,38-39H2,1-5H3,(H2,55,56,57,58);2-3,6H,4-5H2,1H3,(H2,16,17,18)(H4,11,12,13,14). The summed E-state index contributed by atoms with van der Waals surface area (Å²) in [5.41, 5.74) is 18.1. The van der Waals surface area contributed by atoms with E-state index in [4.69, 9.17) is 59.3 Å². The Labute approximate surface area is 500 Å². The summed E-state index contributed by atoms with van der Waals surface area (Å²) < 4.78 is 61.4. The Morgan fingerprint density at radius 2 is 0.907 bits per heavy atom. The van der Waals surface area contributed by atoms with Gasteiger partial charge in [0.05, 0.1) is 39.6 Å². The normalized spacial score (nSPS) is 12.7. The highest BCUT2D eigenvalue weighted by molar-refractivity contribution is 7.53. The molecule has 6 aromatic carbocycles. The highest BCUT2D eigenvalue weighted by atomic mass is 31.2. The number of methoxy groups -OCH3 is 2. The van der Waals surface area contributed by atoms with Crippen LogP contribution in [0.15, 0.2) is 194 Å². The molecule has 0 saturated carbocycles. The lowest BCUT2D eigenvalue weighted by Gasteiger charge is -2.38. The molecule has 10 rings (SSSR count). The Morgan fingerprint density at radius 1 is 0.512 bits per heavy atom. The number of anilines is 4. The molecule has 0 spiro atoms. The van der Waals surface area contributed by atoms with E-state index in [1.165, 1.54) is 0 Å². The number of hydrogen-bond acceptors (Lipinski definition) is 16. The first-order chi connectivity index (χ1) is 41.5. The minimum absolute atomic E-state index is 0.0521. The van der Waals surface area contributed by atoms with E-state index >= 15 is 0 Å². The Bertz CT molecular complexity index is 3810. The summed E-state index contributed by atoms with van der Waals surface area (Å²) in [7, 11) is -4.28.